The lowest BCUT2D eigenvalue weighted by Crippen LogP contribution is -2.50. The van der Waals surface area contributed by atoms with Gasteiger partial charge in [-0.3, -0.25) is 9.69 Å². The molecule has 1 aromatic rings. The molecule has 1 aromatic carbocycles. The number of piperidine rings is 1. The van der Waals surface area contributed by atoms with E-state index in [0.717, 1.165) is 44.7 Å². The zero-order valence-corrected chi connectivity index (χ0v) is 16.9. The van der Waals surface area contributed by atoms with Crippen LogP contribution in [0.3, 0.4) is 0 Å². The zero-order valence-electron chi connectivity index (χ0n) is 16.9. The van der Waals surface area contributed by atoms with Gasteiger partial charge in [0.1, 0.15) is 11.6 Å². The third kappa shape index (κ3) is 4.43. The molecule has 0 aliphatic carbocycles. The number of hydrogen-bond acceptors (Lipinski definition) is 4. The fourth-order valence-corrected chi connectivity index (χ4v) is 4.02. The van der Waals surface area contributed by atoms with Crippen molar-refractivity contribution in [1.29, 1.82) is 0 Å². The minimum absolute atomic E-state index is 0.102. The third-order valence-electron chi connectivity index (χ3n) is 5.64. The maximum atomic E-state index is 14.7. The summed E-state index contributed by atoms with van der Waals surface area (Å²) in [5.74, 6) is -0.150. The summed E-state index contributed by atoms with van der Waals surface area (Å²) in [6, 6.07) is 3.50. The second-order valence-electron chi connectivity index (χ2n) is 8.45. The first kappa shape index (κ1) is 20.1. The molecular formula is C21H31FN2O3. The summed E-state index contributed by atoms with van der Waals surface area (Å²) in [6.07, 6.45) is 1.84. The van der Waals surface area contributed by atoms with Crippen LogP contribution in [0.5, 0.6) is 5.75 Å². The number of carbonyl (C=O) groups is 1. The van der Waals surface area contributed by atoms with Gasteiger partial charge in [0, 0.05) is 37.8 Å². The van der Waals surface area contributed by atoms with Gasteiger partial charge in [0.2, 0.25) is 0 Å². The fraction of sp³-hybridized carbons (Fsp3) is 0.667. The van der Waals surface area contributed by atoms with Crippen molar-refractivity contribution in [3.63, 3.8) is 0 Å². The highest BCUT2D eigenvalue weighted by atomic mass is 19.1. The van der Waals surface area contributed by atoms with E-state index in [4.69, 9.17) is 9.47 Å². The van der Waals surface area contributed by atoms with Crippen molar-refractivity contribution in [2.45, 2.75) is 45.1 Å². The smallest absolute Gasteiger partial charge is 0.256 e. The molecule has 0 bridgehead atoms. The molecule has 0 spiro atoms. The van der Waals surface area contributed by atoms with Gasteiger partial charge in [-0.05, 0) is 30.4 Å². The maximum absolute atomic E-state index is 14.7. The van der Waals surface area contributed by atoms with Gasteiger partial charge in [0.25, 0.3) is 5.91 Å². The molecule has 0 radical (unpaired) electrons. The van der Waals surface area contributed by atoms with Gasteiger partial charge < -0.3 is 14.4 Å². The van der Waals surface area contributed by atoms with Gasteiger partial charge in [-0.15, -0.1) is 0 Å². The molecule has 0 aromatic heterocycles. The Kier molecular flexibility index (Phi) is 6.06. The Hall–Kier alpha value is -1.66. The minimum Gasteiger partial charge on any atom is -0.496 e. The van der Waals surface area contributed by atoms with E-state index in [1.54, 1.807) is 18.1 Å². The normalized spacial score (nSPS) is 20.0. The van der Waals surface area contributed by atoms with Crippen LogP contribution in [0.2, 0.25) is 0 Å². The average molecular weight is 378 g/mol. The topological polar surface area (TPSA) is 42.0 Å². The Labute approximate surface area is 161 Å². The molecule has 2 saturated heterocycles. The van der Waals surface area contributed by atoms with Gasteiger partial charge in [-0.2, -0.15) is 0 Å². The number of methoxy groups -OCH3 is 1. The number of rotatable bonds is 3. The van der Waals surface area contributed by atoms with Crippen molar-refractivity contribution in [2.75, 3.05) is 46.5 Å². The summed E-state index contributed by atoms with van der Waals surface area (Å²) in [5, 5.41) is 0. The second-order valence-corrected chi connectivity index (χ2v) is 8.45. The van der Waals surface area contributed by atoms with E-state index >= 15 is 0 Å². The molecule has 0 atom stereocenters. The highest BCUT2D eigenvalue weighted by molar-refractivity contribution is 5.95. The first-order valence-electron chi connectivity index (χ1n) is 9.80. The molecule has 3 rings (SSSR count). The Bertz CT molecular complexity index is 673. The van der Waals surface area contributed by atoms with Crippen LogP contribution >= 0.6 is 0 Å². The first-order valence-corrected chi connectivity index (χ1v) is 9.80. The summed E-state index contributed by atoms with van der Waals surface area (Å²) in [4.78, 5) is 17.2. The minimum atomic E-state index is -0.471. The molecule has 5 nitrogen and oxygen atoms in total. The van der Waals surface area contributed by atoms with E-state index in [0.29, 0.717) is 24.9 Å². The second kappa shape index (κ2) is 8.15. The molecule has 27 heavy (non-hydrogen) atoms. The molecule has 6 heteroatoms. The third-order valence-corrected chi connectivity index (χ3v) is 5.64. The van der Waals surface area contributed by atoms with Crippen LogP contribution in [0.1, 0.15) is 49.5 Å². The van der Waals surface area contributed by atoms with Crippen LogP contribution < -0.4 is 4.74 Å². The number of amides is 1. The SMILES string of the molecule is COc1cc(C(=O)N2CCC(N3CCOCC3)CC2)c(F)cc1C(C)(C)C. The number of carbonyl (C=O) groups excluding carboxylic acids is 1. The molecule has 2 aliphatic heterocycles. The van der Waals surface area contributed by atoms with Crippen LogP contribution in [0.4, 0.5) is 4.39 Å². The van der Waals surface area contributed by atoms with Crippen LogP contribution in [0.25, 0.3) is 0 Å². The number of ether oxygens (including phenoxy) is 2. The molecule has 0 N–H and O–H groups in total. The van der Waals surface area contributed by atoms with Crippen LogP contribution in [0.15, 0.2) is 12.1 Å². The molecule has 2 fully saturated rings. The van der Waals surface area contributed by atoms with Crippen molar-refractivity contribution in [3.05, 3.63) is 29.1 Å². The van der Waals surface area contributed by atoms with Crippen molar-refractivity contribution >= 4 is 5.91 Å². The van der Waals surface area contributed by atoms with Crippen molar-refractivity contribution in [3.8, 4) is 5.75 Å². The van der Waals surface area contributed by atoms with Crippen LogP contribution in [-0.4, -0.2) is 68.3 Å². The monoisotopic (exact) mass is 378 g/mol. The first-order chi connectivity index (χ1) is 12.8. The van der Waals surface area contributed by atoms with Crippen molar-refractivity contribution < 1.29 is 18.7 Å². The molecule has 2 heterocycles. The van der Waals surface area contributed by atoms with Gasteiger partial charge in [-0.1, -0.05) is 20.8 Å². The molecule has 1 amide bonds. The molecule has 150 valence electrons. The van der Waals surface area contributed by atoms with E-state index in [-0.39, 0.29) is 16.9 Å². The quantitative estimate of drug-likeness (QED) is 0.811. The lowest BCUT2D eigenvalue weighted by molar-refractivity contribution is 0.00154. The van der Waals surface area contributed by atoms with E-state index in [1.165, 1.54) is 6.07 Å². The molecule has 0 saturated carbocycles. The summed E-state index contributed by atoms with van der Waals surface area (Å²) in [6.45, 7) is 10.8. The Morgan fingerprint density at radius 2 is 1.78 bits per heavy atom. The van der Waals surface area contributed by atoms with Crippen molar-refractivity contribution in [1.82, 2.24) is 9.80 Å². The largest absolute Gasteiger partial charge is 0.496 e. The number of hydrogen-bond donors (Lipinski definition) is 0. The lowest BCUT2D eigenvalue weighted by atomic mass is 9.85. The molecule has 2 aliphatic rings. The maximum Gasteiger partial charge on any atom is 0.256 e. The number of nitrogens with zero attached hydrogens (tertiary/aromatic N) is 2. The Morgan fingerprint density at radius 1 is 1.15 bits per heavy atom. The number of morpholine rings is 1. The molecule has 0 unspecified atom stereocenters. The van der Waals surface area contributed by atoms with Gasteiger partial charge in [0.15, 0.2) is 0 Å². The zero-order chi connectivity index (χ0) is 19.6. The fourth-order valence-electron chi connectivity index (χ4n) is 4.02. The predicted octanol–water partition coefficient (Wildman–Crippen LogP) is 3.07. The Balaban J connectivity index is 1.71. The molecular weight excluding hydrogens is 347 g/mol. The standard InChI is InChI=1S/C21H31FN2O3/c1-21(2,3)17-14-18(22)16(13-19(17)26-4)20(25)24-7-5-15(6-8-24)23-9-11-27-12-10-23/h13-15H,5-12H2,1-4H3. The number of halogens is 1. The van der Waals surface area contributed by atoms with Crippen LogP contribution in [-0.2, 0) is 10.2 Å². The van der Waals surface area contributed by atoms with Gasteiger partial charge in [0.05, 0.1) is 25.9 Å². The van der Waals surface area contributed by atoms with Gasteiger partial charge >= 0.3 is 0 Å². The Morgan fingerprint density at radius 3 is 2.33 bits per heavy atom. The van der Waals surface area contributed by atoms with E-state index in [1.807, 2.05) is 20.8 Å². The summed E-state index contributed by atoms with van der Waals surface area (Å²) in [5.41, 5.74) is 0.610. The lowest BCUT2D eigenvalue weighted by Gasteiger charge is -2.40. The van der Waals surface area contributed by atoms with Crippen molar-refractivity contribution in [2.24, 2.45) is 0 Å². The van der Waals surface area contributed by atoms with Gasteiger partial charge in [-0.25, -0.2) is 4.39 Å². The van der Waals surface area contributed by atoms with E-state index in [2.05, 4.69) is 4.90 Å². The van der Waals surface area contributed by atoms with Crippen LogP contribution in [0, 0.1) is 5.82 Å². The highest BCUT2D eigenvalue weighted by Crippen LogP contribution is 2.34. The summed E-state index contributed by atoms with van der Waals surface area (Å²) < 4.78 is 25.6. The van der Waals surface area contributed by atoms with E-state index in [9.17, 15) is 9.18 Å². The van der Waals surface area contributed by atoms with E-state index < -0.39 is 5.82 Å². The highest BCUT2D eigenvalue weighted by Gasteiger charge is 2.30. The summed E-state index contributed by atoms with van der Waals surface area (Å²) >= 11 is 0. The summed E-state index contributed by atoms with van der Waals surface area (Å²) in [7, 11) is 1.56. The predicted molar refractivity (Wildman–Crippen MR) is 103 cm³/mol. The number of likely N-dealkylation sites (tertiary alicyclic amines) is 1. The number of benzene rings is 1. The average Bonchev–Trinajstić information content (AvgIpc) is 2.67.